The third kappa shape index (κ3) is 6.07. The highest BCUT2D eigenvalue weighted by Gasteiger charge is 2.15. The summed E-state index contributed by atoms with van der Waals surface area (Å²) in [6, 6.07) is 43.4. The molecule has 32 heavy (non-hydrogen) atoms. The molecule has 0 atom stereocenters. The zero-order valence-electron chi connectivity index (χ0n) is 18.7. The summed E-state index contributed by atoms with van der Waals surface area (Å²) in [6.07, 6.45) is 1.16. The van der Waals surface area contributed by atoms with Gasteiger partial charge in [0, 0.05) is 31.0 Å². The Morgan fingerprint density at radius 1 is 0.500 bits per heavy atom. The van der Waals surface area contributed by atoms with E-state index in [1.54, 1.807) is 0 Å². The van der Waals surface area contributed by atoms with Crippen molar-refractivity contribution in [3.8, 4) is 0 Å². The normalized spacial score (nSPS) is 11.1. The molecule has 3 heteroatoms. The monoisotopic (exact) mass is 438 g/mol. The maximum atomic E-state index is 2.47. The molecule has 0 amide bonds. The van der Waals surface area contributed by atoms with Gasteiger partial charge in [-0.2, -0.15) is 0 Å². The minimum absolute atomic E-state index is 0.352. The maximum absolute atomic E-state index is 2.47. The van der Waals surface area contributed by atoms with Crippen LogP contribution in [0.5, 0.6) is 0 Å². The molecule has 4 aromatic rings. The number of hydrogen-bond acceptors (Lipinski definition) is 2. The SMILES string of the molecule is CN(CCN(c1ccccc1)c1ccccc1)CCP(c1ccccc1)c1ccccc1. The van der Waals surface area contributed by atoms with E-state index in [1.165, 1.54) is 22.0 Å². The van der Waals surface area contributed by atoms with Gasteiger partial charge in [-0.1, -0.05) is 97.1 Å². The molecule has 0 aliphatic carbocycles. The molecule has 0 radical (unpaired) electrons. The Labute approximate surface area is 193 Å². The Morgan fingerprint density at radius 2 is 0.906 bits per heavy atom. The van der Waals surface area contributed by atoms with Crippen molar-refractivity contribution in [3.63, 3.8) is 0 Å². The van der Waals surface area contributed by atoms with E-state index in [0.717, 1.165) is 25.8 Å². The predicted octanol–water partition coefficient (Wildman–Crippen LogP) is 5.89. The molecule has 0 unspecified atom stereocenters. The minimum atomic E-state index is -0.352. The van der Waals surface area contributed by atoms with Gasteiger partial charge in [-0.05, 0) is 56.0 Å². The molecule has 0 fully saturated rings. The lowest BCUT2D eigenvalue weighted by molar-refractivity contribution is 0.364. The second kappa shape index (κ2) is 11.6. The molecular formula is C29H31N2P. The van der Waals surface area contributed by atoms with E-state index in [2.05, 4.69) is 138 Å². The molecule has 0 N–H and O–H groups in total. The molecule has 4 aromatic carbocycles. The molecule has 0 saturated carbocycles. The first-order valence-electron chi connectivity index (χ1n) is 11.2. The standard InChI is InChI=1S/C29H31N2P/c1-30(22-23-31(26-14-6-2-7-15-26)27-16-8-3-9-17-27)24-25-32(28-18-10-4-11-19-28)29-20-12-5-13-21-29/h2-21H,22-25H2,1H3. The van der Waals surface area contributed by atoms with Gasteiger partial charge in [-0.15, -0.1) is 0 Å². The van der Waals surface area contributed by atoms with E-state index >= 15 is 0 Å². The van der Waals surface area contributed by atoms with Crippen LogP contribution < -0.4 is 15.5 Å². The van der Waals surface area contributed by atoms with Crippen molar-refractivity contribution in [1.82, 2.24) is 4.90 Å². The fourth-order valence-corrected chi connectivity index (χ4v) is 6.32. The van der Waals surface area contributed by atoms with Crippen molar-refractivity contribution in [2.75, 3.05) is 37.7 Å². The summed E-state index contributed by atoms with van der Waals surface area (Å²) in [4.78, 5) is 4.88. The number of hydrogen-bond donors (Lipinski definition) is 0. The molecule has 2 nitrogen and oxygen atoms in total. The smallest absolute Gasteiger partial charge is 0.0411 e. The number of likely N-dealkylation sites (N-methyl/N-ethyl adjacent to an activating group) is 1. The van der Waals surface area contributed by atoms with Crippen molar-refractivity contribution in [1.29, 1.82) is 0 Å². The van der Waals surface area contributed by atoms with Crippen LogP contribution in [0, 0.1) is 0 Å². The molecule has 0 aliphatic heterocycles. The van der Waals surface area contributed by atoms with Gasteiger partial charge >= 0.3 is 0 Å². The number of para-hydroxylation sites is 2. The van der Waals surface area contributed by atoms with Crippen molar-refractivity contribution in [2.24, 2.45) is 0 Å². The lowest BCUT2D eigenvalue weighted by Gasteiger charge is -2.28. The van der Waals surface area contributed by atoms with Gasteiger partial charge < -0.3 is 9.80 Å². The van der Waals surface area contributed by atoms with Crippen molar-refractivity contribution < 1.29 is 0 Å². The topological polar surface area (TPSA) is 6.48 Å². The summed E-state index contributed by atoms with van der Waals surface area (Å²) in [5, 5.41) is 2.91. The first kappa shape index (κ1) is 22.3. The van der Waals surface area contributed by atoms with Crippen LogP contribution >= 0.6 is 7.92 Å². The van der Waals surface area contributed by atoms with E-state index in [-0.39, 0.29) is 7.92 Å². The van der Waals surface area contributed by atoms with Crippen LogP contribution in [0.1, 0.15) is 0 Å². The van der Waals surface area contributed by atoms with Crippen LogP contribution in [-0.4, -0.2) is 37.7 Å². The van der Waals surface area contributed by atoms with Gasteiger partial charge in [0.1, 0.15) is 0 Å². The number of anilines is 2. The summed E-state index contributed by atoms with van der Waals surface area (Å²) in [5.41, 5.74) is 2.48. The maximum Gasteiger partial charge on any atom is 0.0411 e. The van der Waals surface area contributed by atoms with Crippen LogP contribution in [-0.2, 0) is 0 Å². The molecule has 0 heterocycles. The highest BCUT2D eigenvalue weighted by atomic mass is 31.1. The fraction of sp³-hybridized carbons (Fsp3) is 0.172. The van der Waals surface area contributed by atoms with E-state index in [9.17, 15) is 0 Å². The first-order chi connectivity index (χ1) is 15.8. The molecule has 0 aliphatic rings. The third-order valence-corrected chi connectivity index (χ3v) is 8.17. The average Bonchev–Trinajstić information content (AvgIpc) is 2.87. The first-order valence-corrected chi connectivity index (χ1v) is 12.8. The van der Waals surface area contributed by atoms with E-state index in [0.29, 0.717) is 0 Å². The zero-order chi connectivity index (χ0) is 22.0. The lowest BCUT2D eigenvalue weighted by atomic mass is 10.2. The number of rotatable bonds is 10. The van der Waals surface area contributed by atoms with Gasteiger partial charge in [-0.25, -0.2) is 0 Å². The van der Waals surface area contributed by atoms with Gasteiger partial charge in [0.15, 0.2) is 0 Å². The minimum Gasteiger partial charge on any atom is -0.340 e. The van der Waals surface area contributed by atoms with Gasteiger partial charge in [-0.3, -0.25) is 0 Å². The molecule has 4 rings (SSSR count). The van der Waals surface area contributed by atoms with Crippen LogP contribution in [0.3, 0.4) is 0 Å². The van der Waals surface area contributed by atoms with Crippen LogP contribution in [0.15, 0.2) is 121 Å². The van der Waals surface area contributed by atoms with Gasteiger partial charge in [0.2, 0.25) is 0 Å². The highest BCUT2D eigenvalue weighted by Crippen LogP contribution is 2.33. The fourth-order valence-electron chi connectivity index (χ4n) is 3.90. The zero-order valence-corrected chi connectivity index (χ0v) is 19.6. The highest BCUT2D eigenvalue weighted by molar-refractivity contribution is 7.73. The Hall–Kier alpha value is -2.93. The summed E-state index contributed by atoms with van der Waals surface area (Å²) in [7, 11) is 1.90. The second-order valence-electron chi connectivity index (χ2n) is 7.95. The molecular weight excluding hydrogens is 407 g/mol. The van der Waals surface area contributed by atoms with Gasteiger partial charge in [0.05, 0.1) is 0 Å². The van der Waals surface area contributed by atoms with Crippen LogP contribution in [0.25, 0.3) is 0 Å². The van der Waals surface area contributed by atoms with Crippen molar-refractivity contribution in [2.45, 2.75) is 0 Å². The predicted molar refractivity (Wildman–Crippen MR) is 141 cm³/mol. The molecule has 0 spiro atoms. The van der Waals surface area contributed by atoms with E-state index < -0.39 is 0 Å². The molecule has 0 bridgehead atoms. The number of nitrogens with zero attached hydrogens (tertiary/aromatic N) is 2. The Balaban J connectivity index is 1.42. The average molecular weight is 439 g/mol. The van der Waals surface area contributed by atoms with E-state index in [1.807, 2.05) is 0 Å². The van der Waals surface area contributed by atoms with Crippen LogP contribution in [0.2, 0.25) is 0 Å². The van der Waals surface area contributed by atoms with Crippen molar-refractivity contribution >= 4 is 29.9 Å². The Bertz CT molecular complexity index is 874. The third-order valence-electron chi connectivity index (χ3n) is 5.68. The summed E-state index contributed by atoms with van der Waals surface area (Å²) < 4.78 is 0. The Morgan fingerprint density at radius 3 is 1.34 bits per heavy atom. The second-order valence-corrected chi connectivity index (χ2v) is 10.3. The molecule has 0 saturated heterocycles. The quantitative estimate of drug-likeness (QED) is 0.285. The Kier molecular flexibility index (Phi) is 8.09. The van der Waals surface area contributed by atoms with Crippen LogP contribution in [0.4, 0.5) is 11.4 Å². The lowest BCUT2D eigenvalue weighted by Crippen LogP contribution is -2.33. The van der Waals surface area contributed by atoms with Crippen molar-refractivity contribution in [3.05, 3.63) is 121 Å². The molecule has 0 aromatic heterocycles. The largest absolute Gasteiger partial charge is 0.340 e. The summed E-state index contributed by atoms with van der Waals surface area (Å²) >= 11 is 0. The van der Waals surface area contributed by atoms with E-state index in [4.69, 9.17) is 0 Å². The van der Waals surface area contributed by atoms with Gasteiger partial charge in [0.25, 0.3) is 0 Å². The summed E-state index contributed by atoms with van der Waals surface area (Å²) in [5.74, 6) is 0. The summed E-state index contributed by atoms with van der Waals surface area (Å²) in [6.45, 7) is 3.04. The molecule has 162 valence electrons. The number of benzene rings is 4.